The summed E-state index contributed by atoms with van der Waals surface area (Å²) in [6.07, 6.45) is 6.95. The van der Waals surface area contributed by atoms with Crippen LogP contribution in [0.4, 0.5) is 0 Å². The molecule has 21 heavy (non-hydrogen) atoms. The van der Waals surface area contributed by atoms with Gasteiger partial charge in [-0.2, -0.15) is 0 Å². The van der Waals surface area contributed by atoms with E-state index < -0.39 is 11.9 Å². The summed E-state index contributed by atoms with van der Waals surface area (Å²) >= 11 is 18.1. The van der Waals surface area contributed by atoms with E-state index in [1.165, 1.54) is 6.42 Å². The zero-order chi connectivity index (χ0) is 15.9. The SMILES string of the molecule is C[Si](C)(C)/C=C1\C(=O)C2(CCCCC2)CC1CC(Cl)(Cl)Cl. The summed E-state index contributed by atoms with van der Waals surface area (Å²) < 4.78 is -1.27. The van der Waals surface area contributed by atoms with Crippen molar-refractivity contribution >= 4 is 48.7 Å². The number of hydrogen-bond donors (Lipinski definition) is 0. The maximum atomic E-state index is 13.1. The third kappa shape index (κ3) is 4.50. The van der Waals surface area contributed by atoms with Gasteiger partial charge in [-0.15, -0.1) is 0 Å². The molecule has 1 spiro atoms. The molecule has 5 heteroatoms. The topological polar surface area (TPSA) is 17.1 Å². The summed E-state index contributed by atoms with van der Waals surface area (Å²) in [4.78, 5) is 13.1. The van der Waals surface area contributed by atoms with E-state index in [2.05, 4.69) is 25.3 Å². The van der Waals surface area contributed by atoms with Crippen LogP contribution in [0.25, 0.3) is 0 Å². The number of ketones is 1. The lowest BCUT2D eigenvalue weighted by Gasteiger charge is -2.31. The monoisotopic (exact) mass is 366 g/mol. The van der Waals surface area contributed by atoms with Crippen molar-refractivity contribution in [3.05, 3.63) is 11.3 Å². The third-order valence-corrected chi connectivity index (χ3v) is 6.34. The van der Waals surface area contributed by atoms with E-state index in [4.69, 9.17) is 34.8 Å². The minimum Gasteiger partial charge on any atom is -0.294 e. The van der Waals surface area contributed by atoms with Gasteiger partial charge in [-0.25, -0.2) is 0 Å². The minimum absolute atomic E-state index is 0.120. The highest BCUT2D eigenvalue weighted by molar-refractivity contribution is 6.81. The summed E-state index contributed by atoms with van der Waals surface area (Å²) in [5.74, 6) is 0.485. The van der Waals surface area contributed by atoms with Gasteiger partial charge in [0.15, 0.2) is 9.58 Å². The zero-order valence-electron chi connectivity index (χ0n) is 13.1. The van der Waals surface area contributed by atoms with Gasteiger partial charge < -0.3 is 0 Å². The van der Waals surface area contributed by atoms with Crippen LogP contribution in [0.15, 0.2) is 11.3 Å². The Hall–Kier alpha value is 0.497. The van der Waals surface area contributed by atoms with Gasteiger partial charge in [0.1, 0.15) is 0 Å². The average molecular weight is 368 g/mol. The molecule has 0 bridgehead atoms. The quantitative estimate of drug-likeness (QED) is 0.328. The van der Waals surface area contributed by atoms with Crippen molar-refractivity contribution < 1.29 is 4.79 Å². The van der Waals surface area contributed by atoms with Gasteiger partial charge in [0, 0.05) is 11.8 Å². The molecule has 2 fully saturated rings. The number of alkyl halides is 3. The van der Waals surface area contributed by atoms with Crippen LogP contribution in [-0.4, -0.2) is 17.6 Å². The number of carbonyl (C=O) groups is 1. The molecule has 2 aliphatic rings. The van der Waals surface area contributed by atoms with Crippen LogP contribution >= 0.6 is 34.8 Å². The average Bonchev–Trinajstić information content (AvgIpc) is 2.52. The molecule has 2 aliphatic carbocycles. The molecular weight excluding hydrogens is 343 g/mol. The third-order valence-electron chi connectivity index (χ3n) is 4.70. The van der Waals surface area contributed by atoms with E-state index in [0.717, 1.165) is 37.7 Å². The maximum Gasteiger partial charge on any atom is 0.191 e. The van der Waals surface area contributed by atoms with E-state index in [1.54, 1.807) is 0 Å². The first kappa shape index (κ1) is 17.8. The van der Waals surface area contributed by atoms with E-state index in [9.17, 15) is 4.79 Å². The Labute approximate surface area is 144 Å². The predicted molar refractivity (Wildman–Crippen MR) is 95.0 cm³/mol. The molecule has 0 aromatic carbocycles. The van der Waals surface area contributed by atoms with Crippen LogP contribution in [-0.2, 0) is 4.79 Å². The molecule has 0 aromatic rings. The summed E-state index contributed by atoms with van der Waals surface area (Å²) in [5, 5.41) is 0. The van der Waals surface area contributed by atoms with E-state index in [-0.39, 0.29) is 11.3 Å². The van der Waals surface area contributed by atoms with Gasteiger partial charge in [-0.3, -0.25) is 4.79 Å². The molecule has 120 valence electrons. The molecule has 0 radical (unpaired) electrons. The number of allylic oxidation sites excluding steroid dienone is 1. The predicted octanol–water partition coefficient (Wildman–Crippen LogP) is 6.09. The Morgan fingerprint density at radius 2 is 1.76 bits per heavy atom. The molecule has 0 heterocycles. The first-order valence-electron chi connectivity index (χ1n) is 7.87. The lowest BCUT2D eigenvalue weighted by molar-refractivity contribution is -0.124. The van der Waals surface area contributed by atoms with Crippen LogP contribution in [0.3, 0.4) is 0 Å². The standard InChI is InChI=1S/C16H25Cl3OSi/c1-21(2,3)11-13-12(10-16(17,18)19)9-15(14(13)20)7-5-4-6-8-15/h11-12H,4-10H2,1-3H3/b13-11-. The fraction of sp³-hybridized carbons (Fsp3) is 0.812. The molecule has 0 amide bonds. The summed E-state index contributed by atoms with van der Waals surface area (Å²) in [6.45, 7) is 6.77. The fourth-order valence-corrected chi connectivity index (χ4v) is 5.80. The van der Waals surface area contributed by atoms with Gasteiger partial charge in [0.05, 0.1) is 8.07 Å². The van der Waals surface area contributed by atoms with Crippen molar-refractivity contribution in [3.63, 3.8) is 0 Å². The number of hydrogen-bond acceptors (Lipinski definition) is 1. The Morgan fingerprint density at radius 3 is 2.24 bits per heavy atom. The van der Waals surface area contributed by atoms with Gasteiger partial charge in [-0.05, 0) is 30.8 Å². The second-order valence-corrected chi connectivity index (χ2v) is 15.4. The highest BCUT2D eigenvalue weighted by Crippen LogP contribution is 2.54. The van der Waals surface area contributed by atoms with Gasteiger partial charge in [0.25, 0.3) is 0 Å². The fourth-order valence-electron chi connectivity index (χ4n) is 3.94. The second-order valence-electron chi connectivity index (χ2n) is 7.86. The van der Waals surface area contributed by atoms with Gasteiger partial charge in [0.2, 0.25) is 0 Å². The molecule has 0 aliphatic heterocycles. The molecule has 0 saturated heterocycles. The lowest BCUT2D eigenvalue weighted by Crippen LogP contribution is -2.29. The molecule has 0 N–H and O–H groups in total. The smallest absolute Gasteiger partial charge is 0.191 e. The van der Waals surface area contributed by atoms with Crippen molar-refractivity contribution in [2.45, 2.75) is 68.4 Å². The highest BCUT2D eigenvalue weighted by atomic mass is 35.6. The summed E-state index contributed by atoms with van der Waals surface area (Å²) in [6, 6.07) is 0. The summed E-state index contributed by atoms with van der Waals surface area (Å²) in [5.41, 5.74) is 3.08. The number of rotatable bonds is 2. The van der Waals surface area contributed by atoms with Crippen LogP contribution in [0.5, 0.6) is 0 Å². The van der Waals surface area contributed by atoms with Crippen molar-refractivity contribution in [2.75, 3.05) is 0 Å². The number of carbonyl (C=O) groups excluding carboxylic acids is 1. The lowest BCUT2D eigenvalue weighted by atomic mass is 9.71. The van der Waals surface area contributed by atoms with Crippen LogP contribution in [0, 0.1) is 11.3 Å². The van der Waals surface area contributed by atoms with Crippen molar-refractivity contribution in [3.8, 4) is 0 Å². The second kappa shape index (κ2) is 6.18. The first-order chi connectivity index (χ1) is 9.53. The van der Waals surface area contributed by atoms with Crippen LogP contribution < -0.4 is 0 Å². The molecule has 2 rings (SSSR count). The van der Waals surface area contributed by atoms with Crippen LogP contribution in [0.1, 0.15) is 44.9 Å². The maximum absolute atomic E-state index is 13.1. The Morgan fingerprint density at radius 1 is 1.19 bits per heavy atom. The molecule has 1 unspecified atom stereocenters. The Bertz CT molecular complexity index is 439. The van der Waals surface area contributed by atoms with Gasteiger partial charge in [-0.1, -0.05) is 79.4 Å². The Kier molecular flexibility index (Phi) is 5.25. The highest BCUT2D eigenvalue weighted by Gasteiger charge is 2.51. The molecular formula is C16H25Cl3OSi. The number of halogens is 3. The minimum atomic E-state index is -1.47. The Balaban J connectivity index is 2.33. The number of Topliss-reactive ketones (excluding diaryl/α,β-unsaturated/α-hetero) is 1. The van der Waals surface area contributed by atoms with E-state index in [0.29, 0.717) is 12.2 Å². The van der Waals surface area contributed by atoms with Gasteiger partial charge >= 0.3 is 0 Å². The largest absolute Gasteiger partial charge is 0.294 e. The first-order valence-corrected chi connectivity index (χ1v) is 12.6. The molecule has 1 nitrogen and oxygen atoms in total. The van der Waals surface area contributed by atoms with E-state index >= 15 is 0 Å². The molecule has 0 aromatic heterocycles. The van der Waals surface area contributed by atoms with Crippen molar-refractivity contribution in [2.24, 2.45) is 11.3 Å². The zero-order valence-corrected chi connectivity index (χ0v) is 16.4. The van der Waals surface area contributed by atoms with E-state index in [1.807, 2.05) is 0 Å². The van der Waals surface area contributed by atoms with Crippen molar-refractivity contribution in [1.82, 2.24) is 0 Å². The van der Waals surface area contributed by atoms with Crippen LogP contribution in [0.2, 0.25) is 19.6 Å². The van der Waals surface area contributed by atoms with Crippen molar-refractivity contribution in [1.29, 1.82) is 0 Å². The molecule has 1 atom stereocenters. The normalized spacial score (nSPS) is 28.6. The molecule has 2 saturated carbocycles. The summed E-state index contributed by atoms with van der Waals surface area (Å²) in [7, 11) is -1.47.